The molecule has 1 amide bonds. The van der Waals surface area contributed by atoms with E-state index in [9.17, 15) is 9.59 Å². The number of carboxylic acid groups (broad SMARTS) is 1. The predicted octanol–water partition coefficient (Wildman–Crippen LogP) is -0.495. The normalized spacial score (nSPS) is 11.6. The number of benzene rings is 1. The Morgan fingerprint density at radius 1 is 1.39 bits per heavy atom. The highest BCUT2D eigenvalue weighted by Gasteiger charge is 2.20. The summed E-state index contributed by atoms with van der Waals surface area (Å²) >= 11 is 0. The van der Waals surface area contributed by atoms with Crippen LogP contribution in [0.2, 0.25) is 0 Å². The smallest absolute Gasteiger partial charge is 0.326 e. The second-order valence-corrected chi connectivity index (χ2v) is 3.82. The van der Waals surface area contributed by atoms with Crippen LogP contribution >= 0.6 is 0 Å². The third-order valence-corrected chi connectivity index (χ3v) is 2.39. The first-order valence-corrected chi connectivity index (χ1v) is 5.64. The molecular formula is C13H17N2O3+. The van der Waals surface area contributed by atoms with Crippen LogP contribution in [0.3, 0.4) is 0 Å². The minimum absolute atomic E-state index is 0.141. The first kappa shape index (κ1) is 13.9. The fourth-order valence-corrected chi connectivity index (χ4v) is 1.49. The van der Waals surface area contributed by atoms with Crippen molar-refractivity contribution in [2.45, 2.75) is 12.5 Å². The lowest BCUT2D eigenvalue weighted by molar-refractivity contribution is -0.575. The van der Waals surface area contributed by atoms with Crippen molar-refractivity contribution in [1.82, 2.24) is 5.32 Å². The molecule has 0 spiro atoms. The van der Waals surface area contributed by atoms with Crippen LogP contribution in [0.1, 0.15) is 5.56 Å². The molecule has 0 bridgehead atoms. The number of nitrogens with two attached hydrogens (primary N) is 1. The van der Waals surface area contributed by atoms with Gasteiger partial charge in [0.1, 0.15) is 6.04 Å². The van der Waals surface area contributed by atoms with Gasteiger partial charge < -0.3 is 15.7 Å². The Hall–Kier alpha value is -2.14. The summed E-state index contributed by atoms with van der Waals surface area (Å²) in [5.74, 6) is -1.36. The van der Waals surface area contributed by atoms with Gasteiger partial charge in [0.05, 0.1) is 6.20 Å². The summed E-state index contributed by atoms with van der Waals surface area (Å²) in [5.41, 5.74) is 0.873. The van der Waals surface area contributed by atoms with E-state index in [1.165, 1.54) is 6.20 Å². The highest BCUT2D eigenvalue weighted by atomic mass is 16.4. The van der Waals surface area contributed by atoms with Gasteiger partial charge in [0.2, 0.25) is 0 Å². The minimum atomic E-state index is -1.04. The molecular weight excluding hydrogens is 232 g/mol. The van der Waals surface area contributed by atoms with E-state index in [0.29, 0.717) is 0 Å². The van der Waals surface area contributed by atoms with E-state index in [2.05, 4.69) is 11.9 Å². The van der Waals surface area contributed by atoms with E-state index < -0.39 is 12.0 Å². The van der Waals surface area contributed by atoms with Gasteiger partial charge in [-0.3, -0.25) is 4.79 Å². The molecule has 4 N–H and O–H groups in total. The van der Waals surface area contributed by atoms with Gasteiger partial charge in [-0.2, -0.15) is 0 Å². The van der Waals surface area contributed by atoms with Crippen LogP contribution < -0.4 is 10.6 Å². The third-order valence-electron chi connectivity index (χ3n) is 2.39. The van der Waals surface area contributed by atoms with E-state index in [-0.39, 0.29) is 18.9 Å². The summed E-state index contributed by atoms with van der Waals surface area (Å²) in [6.07, 6.45) is 1.78. The van der Waals surface area contributed by atoms with Gasteiger partial charge in [0, 0.05) is 6.42 Å². The predicted molar refractivity (Wildman–Crippen MR) is 66.7 cm³/mol. The zero-order valence-corrected chi connectivity index (χ0v) is 10.0. The standard InChI is InChI=1S/C13H16N2O3/c1-2-14-9-12(16)15-11(13(17)18)8-10-6-4-3-5-7-10/h2-7,11,14H,1,8-9H2,(H,15,16)(H,17,18)/p+1. The molecule has 18 heavy (non-hydrogen) atoms. The highest BCUT2D eigenvalue weighted by Crippen LogP contribution is 2.03. The average Bonchev–Trinajstić information content (AvgIpc) is 2.36. The molecule has 0 aliphatic carbocycles. The van der Waals surface area contributed by atoms with Crippen LogP contribution in [0.4, 0.5) is 0 Å². The molecule has 0 radical (unpaired) electrons. The lowest BCUT2D eigenvalue weighted by atomic mass is 10.1. The molecule has 0 aliphatic heterocycles. The van der Waals surface area contributed by atoms with Crippen molar-refractivity contribution < 1.29 is 20.0 Å². The number of aliphatic carboxylic acids is 1. The second kappa shape index (κ2) is 7.24. The summed E-state index contributed by atoms with van der Waals surface area (Å²) in [5, 5.41) is 13.1. The Morgan fingerprint density at radius 3 is 2.61 bits per heavy atom. The molecule has 1 atom stereocenters. The van der Waals surface area contributed by atoms with Crippen molar-refractivity contribution in [3.8, 4) is 0 Å². The summed E-state index contributed by atoms with van der Waals surface area (Å²) < 4.78 is 0. The van der Waals surface area contributed by atoms with Crippen LogP contribution in [0.25, 0.3) is 0 Å². The summed E-state index contributed by atoms with van der Waals surface area (Å²) in [4.78, 5) is 22.5. The molecule has 1 aromatic carbocycles. The number of carbonyl (C=O) groups excluding carboxylic acids is 1. The number of amides is 1. The monoisotopic (exact) mass is 249 g/mol. The van der Waals surface area contributed by atoms with Crippen LogP contribution in [0.5, 0.6) is 0 Å². The summed E-state index contributed by atoms with van der Waals surface area (Å²) in [6.45, 7) is 3.60. The largest absolute Gasteiger partial charge is 0.480 e. The summed E-state index contributed by atoms with van der Waals surface area (Å²) in [6, 6.07) is 8.29. The lowest BCUT2D eigenvalue weighted by Gasteiger charge is -2.13. The number of hydrogen-bond donors (Lipinski definition) is 3. The average molecular weight is 249 g/mol. The maximum absolute atomic E-state index is 11.5. The van der Waals surface area contributed by atoms with Crippen LogP contribution in [0.15, 0.2) is 43.1 Å². The Balaban J connectivity index is 2.58. The van der Waals surface area contributed by atoms with Gasteiger partial charge in [-0.1, -0.05) is 30.3 Å². The Kier molecular flexibility index (Phi) is 5.60. The molecule has 0 saturated heterocycles. The topological polar surface area (TPSA) is 83.0 Å². The van der Waals surface area contributed by atoms with Crippen LogP contribution in [-0.2, 0) is 16.0 Å². The van der Waals surface area contributed by atoms with E-state index in [1.54, 1.807) is 5.32 Å². The van der Waals surface area contributed by atoms with Crippen molar-refractivity contribution in [1.29, 1.82) is 0 Å². The van der Waals surface area contributed by atoms with Gasteiger partial charge in [0.25, 0.3) is 5.91 Å². The molecule has 1 aromatic rings. The molecule has 5 nitrogen and oxygen atoms in total. The Labute approximate surface area is 106 Å². The van der Waals surface area contributed by atoms with E-state index in [4.69, 9.17) is 5.11 Å². The molecule has 1 unspecified atom stereocenters. The van der Waals surface area contributed by atoms with E-state index in [0.717, 1.165) is 5.56 Å². The molecule has 0 heterocycles. The molecule has 0 aliphatic rings. The van der Waals surface area contributed by atoms with Crippen molar-refractivity contribution in [3.05, 3.63) is 48.7 Å². The zero-order valence-electron chi connectivity index (χ0n) is 10.0. The highest BCUT2D eigenvalue weighted by molar-refractivity contribution is 5.84. The van der Waals surface area contributed by atoms with Gasteiger partial charge in [-0.25, -0.2) is 4.79 Å². The zero-order chi connectivity index (χ0) is 13.4. The number of carboxylic acids is 1. The van der Waals surface area contributed by atoms with E-state index in [1.807, 2.05) is 30.3 Å². The van der Waals surface area contributed by atoms with Crippen LogP contribution in [-0.4, -0.2) is 29.6 Å². The fraction of sp³-hybridized carbons (Fsp3) is 0.231. The molecule has 0 aromatic heterocycles. The first-order valence-electron chi connectivity index (χ1n) is 5.64. The van der Waals surface area contributed by atoms with Crippen molar-refractivity contribution >= 4 is 11.9 Å². The SMILES string of the molecule is C=C[NH2+]CC(=O)NC(Cc1ccccc1)C(=O)O. The molecule has 0 fully saturated rings. The number of quaternary nitrogens is 1. The quantitative estimate of drug-likeness (QED) is 0.609. The third kappa shape index (κ3) is 4.80. The van der Waals surface area contributed by atoms with Crippen molar-refractivity contribution in [2.75, 3.05) is 6.54 Å². The van der Waals surface area contributed by atoms with Crippen molar-refractivity contribution in [2.24, 2.45) is 0 Å². The first-order chi connectivity index (χ1) is 8.63. The molecule has 1 rings (SSSR count). The van der Waals surface area contributed by atoms with Crippen LogP contribution in [0, 0.1) is 0 Å². The maximum atomic E-state index is 11.5. The van der Waals surface area contributed by atoms with Gasteiger partial charge in [0.15, 0.2) is 6.54 Å². The molecule has 96 valence electrons. The van der Waals surface area contributed by atoms with Gasteiger partial charge in [-0.05, 0) is 12.1 Å². The van der Waals surface area contributed by atoms with Gasteiger partial charge in [-0.15, -0.1) is 0 Å². The lowest BCUT2D eigenvalue weighted by Crippen LogP contribution is -2.81. The number of rotatable bonds is 7. The number of carbonyl (C=O) groups is 2. The maximum Gasteiger partial charge on any atom is 0.326 e. The van der Waals surface area contributed by atoms with E-state index >= 15 is 0 Å². The molecule has 5 heteroatoms. The number of nitrogens with one attached hydrogen (secondary N) is 1. The van der Waals surface area contributed by atoms with Crippen molar-refractivity contribution in [3.63, 3.8) is 0 Å². The number of hydrogen-bond acceptors (Lipinski definition) is 2. The minimum Gasteiger partial charge on any atom is -0.480 e. The summed E-state index contributed by atoms with van der Waals surface area (Å²) in [7, 11) is 0. The molecule has 0 saturated carbocycles. The fourth-order valence-electron chi connectivity index (χ4n) is 1.49. The Morgan fingerprint density at radius 2 is 2.06 bits per heavy atom. The van der Waals surface area contributed by atoms with Gasteiger partial charge >= 0.3 is 5.97 Å². The Bertz CT molecular complexity index is 418. The second-order valence-electron chi connectivity index (χ2n) is 3.82.